The van der Waals surface area contributed by atoms with Crippen LogP contribution in [-0.4, -0.2) is 51.4 Å². The van der Waals surface area contributed by atoms with Crippen LogP contribution >= 0.6 is 0 Å². The second-order valence-corrected chi connectivity index (χ2v) is 9.20. The summed E-state index contributed by atoms with van der Waals surface area (Å²) in [6.45, 7) is 1.77. The van der Waals surface area contributed by atoms with E-state index in [1.165, 1.54) is 0 Å². The molecule has 0 N–H and O–H groups in total. The molecule has 9 heteroatoms. The van der Waals surface area contributed by atoms with E-state index in [2.05, 4.69) is 27.4 Å². The minimum Gasteiger partial charge on any atom is -0.442 e. The third-order valence-corrected chi connectivity index (χ3v) is 7.66. The topological polar surface area (TPSA) is 106 Å². The van der Waals surface area contributed by atoms with E-state index < -0.39 is 5.41 Å². The predicted octanol–water partition coefficient (Wildman–Crippen LogP) is 2.33. The maximum Gasteiger partial charge on any atom is 0.415 e. The molecule has 7 rings (SSSR count). The molecule has 5 heterocycles. The predicted molar refractivity (Wildman–Crippen MR) is 115 cm³/mol. The zero-order valence-corrected chi connectivity index (χ0v) is 17.7. The van der Waals surface area contributed by atoms with Gasteiger partial charge in [0.2, 0.25) is 0 Å². The Morgan fingerprint density at radius 2 is 2.03 bits per heavy atom. The SMILES string of the molecule is N#C[C@]1(c2ccc(-c3ccc4c(c3)C[C@H]3[C@H](Cn5ccnn5)OC(=O)N43)cn2)[C@@H]2COC[C@@H]21. The molecule has 5 atom stereocenters. The molecule has 2 aromatic heterocycles. The Bertz CT molecular complexity index is 1290. The van der Waals surface area contributed by atoms with Gasteiger partial charge in [0.25, 0.3) is 0 Å². The highest BCUT2D eigenvalue weighted by Gasteiger charge is 2.70. The fourth-order valence-electron chi connectivity index (χ4n) is 5.90. The van der Waals surface area contributed by atoms with Crippen molar-refractivity contribution in [2.75, 3.05) is 18.1 Å². The van der Waals surface area contributed by atoms with Crippen molar-refractivity contribution < 1.29 is 14.3 Å². The largest absolute Gasteiger partial charge is 0.442 e. The summed E-state index contributed by atoms with van der Waals surface area (Å²) < 4.78 is 12.8. The van der Waals surface area contributed by atoms with Crippen molar-refractivity contribution in [2.45, 2.75) is 30.5 Å². The van der Waals surface area contributed by atoms with Crippen molar-refractivity contribution in [3.63, 3.8) is 0 Å². The summed E-state index contributed by atoms with van der Waals surface area (Å²) in [6, 6.07) is 12.6. The number of rotatable bonds is 4. The van der Waals surface area contributed by atoms with E-state index in [4.69, 9.17) is 9.47 Å². The number of pyridine rings is 1. The molecule has 1 aliphatic carbocycles. The van der Waals surface area contributed by atoms with Crippen molar-refractivity contribution >= 4 is 11.8 Å². The van der Waals surface area contributed by atoms with Crippen LogP contribution in [0, 0.1) is 23.2 Å². The van der Waals surface area contributed by atoms with Crippen LogP contribution in [-0.2, 0) is 27.9 Å². The third-order valence-electron chi connectivity index (χ3n) is 7.66. The lowest BCUT2D eigenvalue weighted by Crippen LogP contribution is -2.35. The van der Waals surface area contributed by atoms with E-state index in [1.807, 2.05) is 30.5 Å². The first-order valence-corrected chi connectivity index (χ1v) is 11.1. The molecular formula is C24H20N6O3. The number of fused-ring (bicyclic) bond motifs is 4. The number of carbonyl (C=O) groups excluding carboxylic acids is 1. The quantitative estimate of drug-likeness (QED) is 0.613. The molecule has 164 valence electrons. The van der Waals surface area contributed by atoms with Crippen LogP contribution in [0.15, 0.2) is 48.9 Å². The van der Waals surface area contributed by atoms with E-state index in [1.54, 1.807) is 22.0 Å². The maximum absolute atomic E-state index is 12.6. The highest BCUT2D eigenvalue weighted by molar-refractivity contribution is 5.94. The van der Waals surface area contributed by atoms with Crippen molar-refractivity contribution in [1.82, 2.24) is 20.0 Å². The number of anilines is 1. The van der Waals surface area contributed by atoms with Crippen molar-refractivity contribution in [1.29, 1.82) is 5.26 Å². The lowest BCUT2D eigenvalue weighted by Gasteiger charge is -2.16. The summed E-state index contributed by atoms with van der Waals surface area (Å²) in [6.07, 6.45) is 5.36. The molecule has 4 aliphatic rings. The molecule has 3 fully saturated rings. The number of nitrogens with zero attached hydrogens (tertiary/aromatic N) is 6. The normalized spacial score (nSPS) is 31.0. The van der Waals surface area contributed by atoms with Crippen LogP contribution in [0.4, 0.5) is 10.5 Å². The van der Waals surface area contributed by atoms with E-state index in [0.29, 0.717) is 19.8 Å². The molecule has 9 nitrogen and oxygen atoms in total. The highest BCUT2D eigenvalue weighted by atomic mass is 16.6. The zero-order chi connectivity index (χ0) is 22.2. The summed E-state index contributed by atoms with van der Waals surface area (Å²) in [5, 5.41) is 17.6. The molecule has 1 aromatic carbocycles. The number of carbonyl (C=O) groups is 1. The van der Waals surface area contributed by atoms with Crippen LogP contribution in [0.25, 0.3) is 11.1 Å². The summed E-state index contributed by atoms with van der Waals surface area (Å²) in [4.78, 5) is 19.0. The third kappa shape index (κ3) is 2.55. The monoisotopic (exact) mass is 440 g/mol. The molecule has 3 aromatic rings. The number of hydrogen-bond acceptors (Lipinski definition) is 7. The molecule has 33 heavy (non-hydrogen) atoms. The van der Waals surface area contributed by atoms with Gasteiger partial charge in [-0.3, -0.25) is 9.88 Å². The molecule has 0 bridgehead atoms. The highest BCUT2D eigenvalue weighted by Crippen LogP contribution is 2.62. The van der Waals surface area contributed by atoms with E-state index in [9.17, 15) is 10.1 Å². The molecule has 3 aliphatic heterocycles. The summed E-state index contributed by atoms with van der Waals surface area (Å²) >= 11 is 0. The minimum atomic E-state index is -0.487. The molecule has 0 radical (unpaired) electrons. The van der Waals surface area contributed by atoms with Gasteiger partial charge in [-0.15, -0.1) is 5.10 Å². The number of ether oxygens (including phenoxy) is 2. The fraction of sp³-hybridized carbons (Fsp3) is 0.375. The van der Waals surface area contributed by atoms with Gasteiger partial charge in [-0.1, -0.05) is 17.3 Å². The van der Waals surface area contributed by atoms with E-state index >= 15 is 0 Å². The van der Waals surface area contributed by atoms with Crippen LogP contribution in [0.1, 0.15) is 11.3 Å². The number of cyclic esters (lactones) is 1. The smallest absolute Gasteiger partial charge is 0.415 e. The van der Waals surface area contributed by atoms with Gasteiger partial charge < -0.3 is 9.47 Å². The lowest BCUT2D eigenvalue weighted by molar-refractivity contribution is 0.117. The molecule has 1 saturated carbocycles. The van der Waals surface area contributed by atoms with Crippen LogP contribution in [0.5, 0.6) is 0 Å². The van der Waals surface area contributed by atoms with Crippen LogP contribution in [0.3, 0.4) is 0 Å². The summed E-state index contributed by atoms with van der Waals surface area (Å²) in [5.41, 5.74) is 4.40. The van der Waals surface area contributed by atoms with Crippen molar-refractivity contribution in [2.24, 2.45) is 11.8 Å². The Morgan fingerprint density at radius 1 is 1.18 bits per heavy atom. The van der Waals surface area contributed by atoms with Crippen molar-refractivity contribution in [3.8, 4) is 17.2 Å². The number of aromatic nitrogens is 4. The first kappa shape index (κ1) is 18.8. The standard InChI is InChI=1S/C24H20N6O3/c25-13-24(17-11-32-12-18(17)24)22-4-2-15(9-26-22)14-1-3-19-16(7-14)8-20-21(33-23(31)30(19)20)10-29-6-5-27-28-29/h1-7,9,17-18,20-21H,8,10-12H2/t17-,18+,20-,21-,24+/m0/s1. The number of nitriles is 1. The van der Waals surface area contributed by atoms with Gasteiger partial charge in [0.15, 0.2) is 0 Å². The number of hydrogen-bond donors (Lipinski definition) is 0. The van der Waals surface area contributed by atoms with Gasteiger partial charge in [-0.25, -0.2) is 9.48 Å². The molecule has 1 amide bonds. The van der Waals surface area contributed by atoms with Crippen LogP contribution < -0.4 is 4.90 Å². The summed E-state index contributed by atoms with van der Waals surface area (Å²) in [7, 11) is 0. The van der Waals surface area contributed by atoms with Gasteiger partial charge in [-0.05, 0) is 35.7 Å². The Hall–Kier alpha value is -3.77. The lowest BCUT2D eigenvalue weighted by atomic mass is 9.96. The first-order chi connectivity index (χ1) is 16.2. The Labute approximate surface area is 189 Å². The minimum absolute atomic E-state index is 0.0561. The first-order valence-electron chi connectivity index (χ1n) is 11.1. The Morgan fingerprint density at radius 3 is 2.76 bits per heavy atom. The maximum atomic E-state index is 12.6. The van der Waals surface area contributed by atoms with Gasteiger partial charge >= 0.3 is 6.09 Å². The average molecular weight is 440 g/mol. The number of benzene rings is 1. The van der Waals surface area contributed by atoms with Crippen molar-refractivity contribution in [3.05, 3.63) is 60.2 Å². The molecule has 0 spiro atoms. The van der Waals surface area contributed by atoms with Gasteiger partial charge in [-0.2, -0.15) is 5.26 Å². The Kier molecular flexibility index (Phi) is 3.77. The molecule has 2 saturated heterocycles. The zero-order valence-electron chi connectivity index (χ0n) is 17.7. The van der Waals surface area contributed by atoms with Crippen LogP contribution in [0.2, 0.25) is 0 Å². The second kappa shape index (κ2) is 6.62. The van der Waals surface area contributed by atoms with Gasteiger partial charge in [0.05, 0.1) is 49.4 Å². The van der Waals surface area contributed by atoms with E-state index in [0.717, 1.165) is 34.5 Å². The van der Waals surface area contributed by atoms with Gasteiger partial charge in [0.1, 0.15) is 11.5 Å². The summed E-state index contributed by atoms with van der Waals surface area (Å²) in [5.74, 6) is 0.527. The average Bonchev–Trinajstić information content (AvgIpc) is 3.44. The van der Waals surface area contributed by atoms with Gasteiger partial charge in [0, 0.05) is 29.8 Å². The second-order valence-electron chi connectivity index (χ2n) is 9.20. The Balaban J connectivity index is 1.15. The van der Waals surface area contributed by atoms with E-state index in [-0.39, 0.29) is 30.1 Å². The fourth-order valence-corrected chi connectivity index (χ4v) is 5.90. The molecular weight excluding hydrogens is 420 g/mol. The number of amides is 1. The molecule has 0 unspecified atom stereocenters.